The smallest absolute Gasteiger partial charge is 0.459 e. The van der Waals surface area contributed by atoms with Crippen LogP contribution >= 0.6 is 32.2 Å². The molecule has 0 saturated carbocycles. The van der Waals surface area contributed by atoms with Crippen LogP contribution in [-0.2, 0) is 23.4 Å². The Labute approximate surface area is 224 Å². The number of esters is 1. The highest BCUT2D eigenvalue weighted by molar-refractivity contribution is 7.72. The van der Waals surface area contributed by atoms with Gasteiger partial charge >= 0.3 is 13.7 Å². The molecule has 3 rings (SSSR count). The fourth-order valence-electron chi connectivity index (χ4n) is 3.42. The number of carbonyl (C=O) groups excluding carboxylic acids is 1. The zero-order valence-corrected chi connectivity index (χ0v) is 23.3. The Morgan fingerprint density at radius 1 is 1.30 bits per heavy atom. The lowest BCUT2D eigenvalue weighted by Crippen LogP contribution is -2.42. The minimum Gasteiger partial charge on any atom is -0.509 e. The van der Waals surface area contributed by atoms with Crippen LogP contribution in [0.4, 0.5) is 0 Å². The molecule has 11 nitrogen and oxygen atoms in total. The molecule has 37 heavy (non-hydrogen) atoms. The lowest BCUT2D eigenvalue weighted by atomic mass is 9.95. The van der Waals surface area contributed by atoms with Crippen LogP contribution in [0, 0.1) is 9.41 Å². The summed E-state index contributed by atoms with van der Waals surface area (Å²) in [5, 5.41) is 24.1. The molecule has 2 unspecified atom stereocenters. The van der Waals surface area contributed by atoms with Crippen molar-refractivity contribution in [1.82, 2.24) is 14.6 Å². The van der Waals surface area contributed by atoms with Crippen LogP contribution in [0.1, 0.15) is 40.3 Å². The quantitative estimate of drug-likeness (QED) is 0.176. The first-order valence-electron chi connectivity index (χ1n) is 11.4. The molecule has 1 aromatic heterocycles. The van der Waals surface area contributed by atoms with E-state index in [0.29, 0.717) is 4.64 Å². The number of benzene rings is 1. The predicted octanol–water partition coefficient (Wildman–Crippen LogP) is 4.85. The molecule has 0 spiro atoms. The minimum atomic E-state index is -4.21. The summed E-state index contributed by atoms with van der Waals surface area (Å²) in [5.74, 6) is -0.845. The van der Waals surface area contributed by atoms with E-state index < -0.39 is 38.2 Å². The normalized spacial score (nSPS) is 22.2. The maximum absolute atomic E-state index is 13.7. The molecular weight excluding hydrogens is 541 g/mol. The topological polar surface area (TPSA) is 144 Å². The van der Waals surface area contributed by atoms with Crippen molar-refractivity contribution in [3.8, 4) is 5.75 Å². The van der Waals surface area contributed by atoms with E-state index in [2.05, 4.69) is 10.1 Å². The molecular formula is C23H30N3O8PS2. The first kappa shape index (κ1) is 29.0. The van der Waals surface area contributed by atoms with Crippen LogP contribution < -0.4 is 9.61 Å². The molecule has 202 valence electrons. The first-order chi connectivity index (χ1) is 17.3. The summed E-state index contributed by atoms with van der Waals surface area (Å²) in [6, 6.07) is 8.76. The molecule has 14 heteroatoms. The second-order valence-electron chi connectivity index (χ2n) is 8.90. The van der Waals surface area contributed by atoms with Gasteiger partial charge < -0.3 is 29.2 Å². The van der Waals surface area contributed by atoms with E-state index in [1.807, 2.05) is 0 Å². The molecule has 2 heterocycles. The number of hydrogen-bond donors (Lipinski definition) is 4. The number of nitrogens with one attached hydrogen (secondary N) is 2. The number of nitrogens with zero attached hydrogens (tertiary/aromatic N) is 1. The van der Waals surface area contributed by atoms with Gasteiger partial charge in [0.15, 0.2) is 10.5 Å². The fourth-order valence-corrected chi connectivity index (χ4v) is 5.35. The summed E-state index contributed by atoms with van der Waals surface area (Å²) >= 11 is 10.4. The van der Waals surface area contributed by atoms with Gasteiger partial charge in [0.05, 0.1) is 6.10 Å². The number of aromatic amines is 1. The zero-order chi connectivity index (χ0) is 27.4. The van der Waals surface area contributed by atoms with Crippen molar-refractivity contribution in [1.29, 1.82) is 0 Å². The largest absolute Gasteiger partial charge is 0.509 e. The van der Waals surface area contributed by atoms with Crippen molar-refractivity contribution in [2.75, 3.05) is 6.61 Å². The standard InChI is InChI=1S/C23H30N3O8PS2/c1-14(2)32-20(28)15(3)25-35(30,34-16-8-6-5-7-9-16)31-13-18-17(27)12-23(4,29)21(33-18)26-11-10-19(36)24-22(26)37/h5-11,14-15,21,27,29H,12-13H2,1-4H3,(H,25,30)(H,24,36,37)/t15-,21+,23?,35?/m0/s1. The Hall–Kier alpha value is -2.54. The van der Waals surface area contributed by atoms with E-state index in [0.717, 1.165) is 0 Å². The SMILES string of the molecule is CC(C)OC(=O)[C@H](C)NP(=O)(OCC1=C(O)CC(C)(O)[C@H](n2ccc(=S)[nH]c2=S)O1)Oc1ccccc1. The summed E-state index contributed by atoms with van der Waals surface area (Å²) in [5.41, 5.74) is -1.56. The maximum atomic E-state index is 13.7. The van der Waals surface area contributed by atoms with Crippen LogP contribution in [0.2, 0.25) is 0 Å². The Bertz CT molecular complexity index is 1310. The van der Waals surface area contributed by atoms with Crippen molar-refractivity contribution in [3.05, 3.63) is 63.5 Å². The summed E-state index contributed by atoms with van der Waals surface area (Å²) in [6.45, 7) is 5.79. The Morgan fingerprint density at radius 3 is 2.59 bits per heavy atom. The van der Waals surface area contributed by atoms with E-state index in [-0.39, 0.29) is 34.6 Å². The van der Waals surface area contributed by atoms with Crippen LogP contribution in [0.25, 0.3) is 0 Å². The number of para-hydroxylation sites is 1. The highest BCUT2D eigenvalue weighted by atomic mass is 32.1. The summed E-state index contributed by atoms with van der Waals surface area (Å²) in [4.78, 5) is 15.1. The number of aliphatic hydroxyl groups is 2. The van der Waals surface area contributed by atoms with Crippen molar-refractivity contribution >= 4 is 38.2 Å². The van der Waals surface area contributed by atoms with Crippen LogP contribution in [-0.4, -0.2) is 50.1 Å². The maximum Gasteiger partial charge on any atom is 0.459 e. The molecule has 2 aromatic rings. The number of ether oxygens (including phenoxy) is 2. The predicted molar refractivity (Wildman–Crippen MR) is 140 cm³/mol. The van der Waals surface area contributed by atoms with Gasteiger partial charge in [-0.25, -0.2) is 4.57 Å². The lowest BCUT2D eigenvalue weighted by Gasteiger charge is -2.39. The molecule has 0 amide bonds. The number of aliphatic hydroxyl groups excluding tert-OH is 1. The van der Waals surface area contributed by atoms with Crippen LogP contribution in [0.5, 0.6) is 5.75 Å². The zero-order valence-electron chi connectivity index (χ0n) is 20.7. The molecule has 0 saturated heterocycles. The number of carbonyl (C=O) groups is 1. The molecule has 0 bridgehead atoms. The van der Waals surface area contributed by atoms with Crippen molar-refractivity contribution in [3.63, 3.8) is 0 Å². The van der Waals surface area contributed by atoms with Crippen LogP contribution in [0.3, 0.4) is 0 Å². The minimum absolute atomic E-state index is 0.100. The fraction of sp³-hybridized carbons (Fsp3) is 0.435. The highest BCUT2D eigenvalue weighted by Crippen LogP contribution is 2.46. The third-order valence-electron chi connectivity index (χ3n) is 5.13. The lowest BCUT2D eigenvalue weighted by molar-refractivity contribution is -0.149. The van der Waals surface area contributed by atoms with Crippen LogP contribution in [0.15, 0.2) is 54.1 Å². The molecule has 4 N–H and O–H groups in total. The first-order valence-corrected chi connectivity index (χ1v) is 13.7. The number of H-pyrrole nitrogens is 1. The Morgan fingerprint density at radius 2 is 1.97 bits per heavy atom. The van der Waals surface area contributed by atoms with E-state index in [4.69, 9.17) is 43.0 Å². The summed E-state index contributed by atoms with van der Waals surface area (Å²) < 4.78 is 38.0. The van der Waals surface area contributed by atoms with Gasteiger partial charge in [-0.2, -0.15) is 5.09 Å². The second-order valence-corrected chi connectivity index (χ2v) is 11.4. The third-order valence-corrected chi connectivity index (χ3v) is 7.30. The second kappa shape index (κ2) is 11.9. The molecule has 1 aliphatic heterocycles. The number of rotatable bonds is 10. The van der Waals surface area contributed by atoms with Crippen molar-refractivity contribution in [2.24, 2.45) is 0 Å². The highest BCUT2D eigenvalue weighted by Gasteiger charge is 2.43. The summed E-state index contributed by atoms with van der Waals surface area (Å²) in [6.07, 6.45) is -0.104. The van der Waals surface area contributed by atoms with Gasteiger partial charge in [-0.15, -0.1) is 0 Å². The number of aromatic nitrogens is 2. The molecule has 1 aromatic carbocycles. The van der Waals surface area contributed by atoms with Gasteiger partial charge in [0.1, 0.15) is 34.4 Å². The van der Waals surface area contributed by atoms with Gasteiger partial charge in [0, 0.05) is 12.6 Å². The Balaban J connectivity index is 1.84. The van der Waals surface area contributed by atoms with Gasteiger partial charge in [0.2, 0.25) is 6.23 Å². The average molecular weight is 572 g/mol. The van der Waals surface area contributed by atoms with Gasteiger partial charge in [-0.1, -0.05) is 30.4 Å². The average Bonchev–Trinajstić information content (AvgIpc) is 2.79. The number of hydrogen-bond acceptors (Lipinski definition) is 10. The molecule has 1 aliphatic rings. The molecule has 0 fully saturated rings. The van der Waals surface area contributed by atoms with E-state index in [1.54, 1.807) is 56.4 Å². The summed E-state index contributed by atoms with van der Waals surface area (Å²) in [7, 11) is -4.21. The van der Waals surface area contributed by atoms with Gasteiger partial charge in [-0.05, 0) is 58.1 Å². The monoisotopic (exact) mass is 571 g/mol. The Kier molecular flexibility index (Phi) is 9.32. The molecule has 0 aliphatic carbocycles. The van der Waals surface area contributed by atoms with Crippen molar-refractivity contribution < 1.29 is 38.1 Å². The molecule has 0 radical (unpaired) electrons. The third kappa shape index (κ3) is 7.73. The van der Waals surface area contributed by atoms with Gasteiger partial charge in [0.25, 0.3) is 0 Å². The van der Waals surface area contributed by atoms with E-state index in [1.165, 1.54) is 18.4 Å². The van der Waals surface area contributed by atoms with E-state index in [9.17, 15) is 19.6 Å². The van der Waals surface area contributed by atoms with Gasteiger partial charge in [-0.3, -0.25) is 13.9 Å². The molecule has 4 atom stereocenters. The van der Waals surface area contributed by atoms with E-state index >= 15 is 0 Å². The van der Waals surface area contributed by atoms with Crippen molar-refractivity contribution in [2.45, 2.75) is 58.1 Å².